The van der Waals surface area contributed by atoms with Crippen LogP contribution in [0, 0.1) is 11.8 Å². The van der Waals surface area contributed by atoms with Crippen LogP contribution in [0.1, 0.15) is 26.7 Å². The highest BCUT2D eigenvalue weighted by atomic mass is 32.2. The molecule has 100 valence electrons. The van der Waals surface area contributed by atoms with Crippen LogP contribution < -0.4 is 4.90 Å². The minimum Gasteiger partial charge on any atom is -0.334 e. The molecule has 1 aliphatic rings. The first kappa shape index (κ1) is 14.0. The molecule has 0 saturated carbocycles. The molecule has 2 heteroatoms. The van der Waals surface area contributed by atoms with E-state index in [-0.39, 0.29) is 0 Å². The third-order valence-electron chi connectivity index (χ3n) is 3.77. The van der Waals surface area contributed by atoms with Crippen molar-refractivity contribution in [1.29, 1.82) is 0 Å². The van der Waals surface area contributed by atoms with Crippen LogP contribution in [0.5, 0.6) is 0 Å². The number of likely N-dealkylation sites (tertiary alicyclic amines) is 1. The molecule has 0 amide bonds. The van der Waals surface area contributed by atoms with Gasteiger partial charge in [-0.15, -0.1) is 11.8 Å². The molecule has 0 aromatic heterocycles. The lowest BCUT2D eigenvalue weighted by Crippen LogP contribution is -3.14. The lowest BCUT2D eigenvalue weighted by Gasteiger charge is -2.31. The van der Waals surface area contributed by atoms with E-state index in [9.17, 15) is 0 Å². The first-order valence-electron chi connectivity index (χ1n) is 7.25. The van der Waals surface area contributed by atoms with E-state index in [1.165, 1.54) is 43.1 Å². The number of thioether (sulfide) groups is 1. The summed E-state index contributed by atoms with van der Waals surface area (Å²) in [5.74, 6) is 3.10. The average molecular weight is 264 g/mol. The molecule has 0 radical (unpaired) electrons. The molecule has 1 saturated heterocycles. The predicted molar refractivity (Wildman–Crippen MR) is 80.3 cm³/mol. The second kappa shape index (κ2) is 7.20. The molecular weight excluding hydrogens is 238 g/mol. The van der Waals surface area contributed by atoms with E-state index in [0.29, 0.717) is 0 Å². The van der Waals surface area contributed by atoms with Gasteiger partial charge in [0.2, 0.25) is 0 Å². The van der Waals surface area contributed by atoms with Crippen LogP contribution in [0.25, 0.3) is 0 Å². The zero-order chi connectivity index (χ0) is 12.8. The van der Waals surface area contributed by atoms with E-state index in [2.05, 4.69) is 44.2 Å². The number of hydrogen-bond donors (Lipinski definition) is 1. The fourth-order valence-electron chi connectivity index (χ4n) is 3.16. The molecule has 1 heterocycles. The van der Waals surface area contributed by atoms with Crippen LogP contribution in [0.2, 0.25) is 0 Å². The molecule has 1 aliphatic heterocycles. The van der Waals surface area contributed by atoms with E-state index in [0.717, 1.165) is 11.8 Å². The Balaban J connectivity index is 1.63. The third kappa shape index (κ3) is 4.66. The van der Waals surface area contributed by atoms with Gasteiger partial charge in [-0.2, -0.15) is 0 Å². The minimum absolute atomic E-state index is 0.922. The van der Waals surface area contributed by atoms with Crippen molar-refractivity contribution in [3.63, 3.8) is 0 Å². The zero-order valence-corrected chi connectivity index (χ0v) is 12.5. The van der Waals surface area contributed by atoms with Crippen LogP contribution in [-0.2, 0) is 0 Å². The average Bonchev–Trinajstić information content (AvgIpc) is 2.35. The summed E-state index contributed by atoms with van der Waals surface area (Å²) in [6, 6.07) is 10.8. The summed E-state index contributed by atoms with van der Waals surface area (Å²) in [6.45, 7) is 8.96. The number of benzene rings is 1. The highest BCUT2D eigenvalue weighted by Gasteiger charge is 2.24. The van der Waals surface area contributed by atoms with Crippen molar-refractivity contribution in [3.05, 3.63) is 30.3 Å². The largest absolute Gasteiger partial charge is 0.334 e. The van der Waals surface area contributed by atoms with Gasteiger partial charge in [-0.05, 0) is 18.6 Å². The van der Waals surface area contributed by atoms with Crippen molar-refractivity contribution in [3.8, 4) is 0 Å². The van der Waals surface area contributed by atoms with Crippen molar-refractivity contribution in [2.45, 2.75) is 31.6 Å². The van der Waals surface area contributed by atoms with Crippen molar-refractivity contribution in [2.75, 3.05) is 25.4 Å². The smallest absolute Gasteiger partial charge is 0.0797 e. The predicted octanol–water partition coefficient (Wildman–Crippen LogP) is 2.73. The molecule has 1 nitrogen and oxygen atoms in total. The standard InChI is InChI=1S/C16H25NS/c1-14-11-15(2)13-17(12-14)9-6-10-18-16-7-4-3-5-8-16/h3-5,7-8,14-15H,6,9-13H2,1-2H3/p+1/t14-,15-/m1/s1. The summed E-state index contributed by atoms with van der Waals surface area (Å²) in [6.07, 6.45) is 2.77. The number of hydrogen-bond acceptors (Lipinski definition) is 1. The normalized spacial score (nSPS) is 28.2. The summed E-state index contributed by atoms with van der Waals surface area (Å²) < 4.78 is 0. The van der Waals surface area contributed by atoms with E-state index in [4.69, 9.17) is 0 Å². The maximum absolute atomic E-state index is 2.41. The van der Waals surface area contributed by atoms with Gasteiger partial charge in [0.05, 0.1) is 19.6 Å². The van der Waals surface area contributed by atoms with Gasteiger partial charge in [0, 0.05) is 28.9 Å². The first-order valence-corrected chi connectivity index (χ1v) is 8.24. The molecule has 1 fully saturated rings. The second-order valence-corrected chi connectivity index (χ2v) is 7.04. The Morgan fingerprint density at radius 1 is 1.11 bits per heavy atom. The van der Waals surface area contributed by atoms with Crippen molar-refractivity contribution in [1.82, 2.24) is 0 Å². The topological polar surface area (TPSA) is 4.44 Å². The van der Waals surface area contributed by atoms with Crippen LogP contribution in [-0.4, -0.2) is 25.4 Å². The Morgan fingerprint density at radius 2 is 1.78 bits per heavy atom. The van der Waals surface area contributed by atoms with Crippen molar-refractivity contribution < 1.29 is 4.90 Å². The molecule has 1 N–H and O–H groups in total. The van der Waals surface area contributed by atoms with Gasteiger partial charge >= 0.3 is 0 Å². The molecule has 0 bridgehead atoms. The molecule has 1 aromatic rings. The van der Waals surface area contributed by atoms with Crippen LogP contribution >= 0.6 is 11.8 Å². The second-order valence-electron chi connectivity index (χ2n) is 5.87. The van der Waals surface area contributed by atoms with Gasteiger partial charge in [-0.25, -0.2) is 0 Å². The molecule has 1 aromatic carbocycles. The molecule has 0 aliphatic carbocycles. The third-order valence-corrected chi connectivity index (χ3v) is 4.86. The first-order chi connectivity index (χ1) is 8.74. The number of quaternary nitrogens is 1. The monoisotopic (exact) mass is 264 g/mol. The Bertz CT molecular complexity index is 328. The number of piperidine rings is 1. The lowest BCUT2D eigenvalue weighted by molar-refractivity contribution is -0.912. The highest BCUT2D eigenvalue weighted by Crippen LogP contribution is 2.17. The van der Waals surface area contributed by atoms with E-state index in [1.807, 2.05) is 16.7 Å². The SMILES string of the molecule is C[C@@H]1C[C@@H](C)C[NH+](CCCSc2ccccc2)C1. The molecule has 2 rings (SSSR count). The van der Waals surface area contributed by atoms with Gasteiger partial charge in [0.1, 0.15) is 0 Å². The summed E-state index contributed by atoms with van der Waals surface area (Å²) in [7, 11) is 0. The summed E-state index contributed by atoms with van der Waals surface area (Å²) in [4.78, 5) is 3.24. The fourth-order valence-corrected chi connectivity index (χ4v) is 4.03. The fraction of sp³-hybridized carbons (Fsp3) is 0.625. The van der Waals surface area contributed by atoms with Gasteiger partial charge in [-0.3, -0.25) is 0 Å². The maximum Gasteiger partial charge on any atom is 0.0797 e. The van der Waals surface area contributed by atoms with Gasteiger partial charge in [0.25, 0.3) is 0 Å². The number of rotatable bonds is 5. The van der Waals surface area contributed by atoms with E-state index < -0.39 is 0 Å². The lowest BCUT2D eigenvalue weighted by atomic mass is 9.92. The van der Waals surface area contributed by atoms with Crippen LogP contribution in [0.4, 0.5) is 0 Å². The van der Waals surface area contributed by atoms with Gasteiger partial charge in [-0.1, -0.05) is 32.0 Å². The van der Waals surface area contributed by atoms with Crippen molar-refractivity contribution in [2.24, 2.45) is 11.8 Å². The summed E-state index contributed by atoms with van der Waals surface area (Å²) >= 11 is 2.00. The summed E-state index contributed by atoms with van der Waals surface area (Å²) in [5, 5.41) is 0. The molecule has 0 unspecified atom stereocenters. The summed E-state index contributed by atoms with van der Waals surface area (Å²) in [5.41, 5.74) is 0. The molecule has 18 heavy (non-hydrogen) atoms. The molecule has 0 spiro atoms. The Kier molecular flexibility index (Phi) is 5.58. The quantitative estimate of drug-likeness (QED) is 0.633. The van der Waals surface area contributed by atoms with Crippen LogP contribution in [0.3, 0.4) is 0 Å². The molecule has 2 atom stereocenters. The van der Waals surface area contributed by atoms with Crippen LogP contribution in [0.15, 0.2) is 35.2 Å². The minimum atomic E-state index is 0.922. The Morgan fingerprint density at radius 3 is 2.44 bits per heavy atom. The molecular formula is C16H26NS+. The maximum atomic E-state index is 2.41. The number of nitrogens with one attached hydrogen (secondary N) is 1. The highest BCUT2D eigenvalue weighted by molar-refractivity contribution is 7.99. The Hall–Kier alpha value is -0.470. The van der Waals surface area contributed by atoms with Gasteiger partial charge in [0.15, 0.2) is 0 Å². The van der Waals surface area contributed by atoms with E-state index in [1.54, 1.807) is 0 Å². The Labute approximate surface area is 116 Å². The van der Waals surface area contributed by atoms with Crippen molar-refractivity contribution >= 4 is 11.8 Å². The van der Waals surface area contributed by atoms with Gasteiger partial charge < -0.3 is 4.90 Å². The zero-order valence-electron chi connectivity index (χ0n) is 11.7. The van der Waals surface area contributed by atoms with E-state index >= 15 is 0 Å².